The second kappa shape index (κ2) is 7.47. The smallest absolute Gasteiger partial charge is 0.201 e. The molecule has 3 aromatic rings. The summed E-state index contributed by atoms with van der Waals surface area (Å²) in [5.41, 5.74) is 3.08. The number of rotatable bonds is 5. The molecule has 0 radical (unpaired) electrons. The number of fused-ring (bicyclic) bond motifs is 1. The van der Waals surface area contributed by atoms with E-state index < -0.39 is 11.6 Å². The van der Waals surface area contributed by atoms with Crippen LogP contribution in [0, 0.1) is 11.6 Å². The molecule has 3 rings (SSSR count). The van der Waals surface area contributed by atoms with Gasteiger partial charge in [-0.15, -0.1) is 0 Å². The van der Waals surface area contributed by atoms with Gasteiger partial charge in [-0.3, -0.25) is 0 Å². The molecule has 0 heterocycles. The molecule has 0 aliphatic carbocycles. The topological polar surface area (TPSA) is 9.23 Å². The fraction of sp³-hybridized carbons (Fsp3) is 0.182. The molecule has 0 bridgehead atoms. The summed E-state index contributed by atoms with van der Waals surface area (Å²) < 4.78 is 34.1. The van der Waals surface area contributed by atoms with Crippen LogP contribution in [0.25, 0.3) is 21.9 Å². The summed E-state index contributed by atoms with van der Waals surface area (Å²) >= 11 is 0. The van der Waals surface area contributed by atoms with Crippen molar-refractivity contribution in [2.75, 3.05) is 6.61 Å². The van der Waals surface area contributed by atoms with Gasteiger partial charge in [0, 0.05) is 5.39 Å². The van der Waals surface area contributed by atoms with Crippen molar-refractivity contribution < 1.29 is 13.5 Å². The van der Waals surface area contributed by atoms with Gasteiger partial charge in [-0.1, -0.05) is 55.5 Å². The lowest BCUT2D eigenvalue weighted by molar-refractivity contribution is 0.334. The van der Waals surface area contributed by atoms with E-state index in [4.69, 9.17) is 4.74 Å². The predicted molar refractivity (Wildman–Crippen MR) is 99.0 cm³/mol. The van der Waals surface area contributed by atoms with Crippen LogP contribution < -0.4 is 4.74 Å². The molecule has 3 aromatic carbocycles. The first-order chi connectivity index (χ1) is 12.1. The first-order valence-electron chi connectivity index (χ1n) is 8.39. The molecular weight excluding hydrogens is 318 g/mol. The van der Waals surface area contributed by atoms with Gasteiger partial charge in [-0.25, -0.2) is 4.39 Å². The summed E-state index contributed by atoms with van der Waals surface area (Å²) in [6.07, 6.45) is 4.50. The van der Waals surface area contributed by atoms with Crippen LogP contribution in [-0.2, 0) is 6.42 Å². The van der Waals surface area contributed by atoms with Crippen LogP contribution in [-0.4, -0.2) is 6.61 Å². The van der Waals surface area contributed by atoms with Gasteiger partial charge in [0.15, 0.2) is 11.6 Å². The highest BCUT2D eigenvalue weighted by molar-refractivity contribution is 5.89. The van der Waals surface area contributed by atoms with Gasteiger partial charge in [0.05, 0.1) is 0 Å². The first-order valence-corrected chi connectivity index (χ1v) is 8.39. The van der Waals surface area contributed by atoms with Crippen molar-refractivity contribution in [3.8, 4) is 16.9 Å². The van der Waals surface area contributed by atoms with Crippen molar-refractivity contribution in [2.24, 2.45) is 0 Å². The van der Waals surface area contributed by atoms with Gasteiger partial charge in [-0.05, 0) is 47.6 Å². The van der Waals surface area contributed by atoms with Crippen molar-refractivity contribution >= 4 is 10.8 Å². The van der Waals surface area contributed by atoms with Gasteiger partial charge in [0.1, 0.15) is 6.61 Å². The molecule has 128 valence electrons. The highest BCUT2D eigenvalue weighted by atomic mass is 19.2. The van der Waals surface area contributed by atoms with Crippen molar-refractivity contribution in [1.82, 2.24) is 0 Å². The van der Waals surface area contributed by atoms with Crippen LogP contribution in [0.5, 0.6) is 5.75 Å². The van der Waals surface area contributed by atoms with Crippen LogP contribution in [0.3, 0.4) is 0 Å². The molecular formula is C22H20F2O. The van der Waals surface area contributed by atoms with E-state index in [1.54, 1.807) is 30.4 Å². The van der Waals surface area contributed by atoms with Crippen molar-refractivity contribution in [1.29, 1.82) is 0 Å². The van der Waals surface area contributed by atoms with Crippen molar-refractivity contribution in [3.05, 3.63) is 77.9 Å². The molecule has 0 spiro atoms. The zero-order chi connectivity index (χ0) is 17.8. The summed E-state index contributed by atoms with van der Waals surface area (Å²) in [6.45, 7) is 4.15. The van der Waals surface area contributed by atoms with E-state index in [2.05, 4.69) is 19.1 Å². The molecule has 0 fully saturated rings. The molecule has 3 heteroatoms. The van der Waals surface area contributed by atoms with Gasteiger partial charge in [0.25, 0.3) is 0 Å². The predicted octanol–water partition coefficient (Wildman–Crippen LogP) is 6.30. The van der Waals surface area contributed by atoms with Crippen molar-refractivity contribution in [3.63, 3.8) is 0 Å². The summed E-state index contributed by atoms with van der Waals surface area (Å²) in [7, 11) is 0. The lowest BCUT2D eigenvalue weighted by atomic mass is 9.99. The molecule has 0 aliphatic rings. The fourth-order valence-corrected chi connectivity index (χ4v) is 2.75. The molecule has 0 atom stereocenters. The Kier molecular flexibility index (Phi) is 5.13. The Morgan fingerprint density at radius 1 is 0.920 bits per heavy atom. The van der Waals surface area contributed by atoms with Gasteiger partial charge in [0.2, 0.25) is 5.82 Å². The second-order valence-electron chi connectivity index (χ2n) is 5.87. The summed E-state index contributed by atoms with van der Waals surface area (Å²) in [4.78, 5) is 0. The number of allylic oxidation sites excluding steroid dienone is 1. The monoisotopic (exact) mass is 338 g/mol. The molecule has 0 unspecified atom stereocenters. The lowest BCUT2D eigenvalue weighted by Gasteiger charge is -2.10. The van der Waals surface area contributed by atoms with E-state index in [0.29, 0.717) is 5.39 Å². The van der Waals surface area contributed by atoms with Gasteiger partial charge in [-0.2, -0.15) is 4.39 Å². The maximum atomic E-state index is 14.5. The van der Waals surface area contributed by atoms with E-state index in [1.807, 2.05) is 25.1 Å². The minimum absolute atomic E-state index is 0.0665. The van der Waals surface area contributed by atoms with Gasteiger partial charge >= 0.3 is 0 Å². The molecule has 0 aromatic heterocycles. The minimum Gasteiger partial charge on any atom is -0.486 e. The maximum Gasteiger partial charge on any atom is 0.201 e. The summed E-state index contributed by atoms with van der Waals surface area (Å²) in [5.74, 6) is -1.89. The quantitative estimate of drug-likeness (QED) is 0.496. The van der Waals surface area contributed by atoms with Gasteiger partial charge < -0.3 is 4.74 Å². The highest BCUT2D eigenvalue weighted by Gasteiger charge is 2.15. The normalized spacial score (nSPS) is 11.4. The van der Waals surface area contributed by atoms with Crippen molar-refractivity contribution in [2.45, 2.75) is 20.3 Å². The number of hydrogen-bond acceptors (Lipinski definition) is 1. The van der Waals surface area contributed by atoms with E-state index in [0.717, 1.165) is 17.5 Å². The average Bonchev–Trinajstić information content (AvgIpc) is 2.65. The first kappa shape index (κ1) is 17.2. The third-order valence-electron chi connectivity index (χ3n) is 4.25. The van der Waals surface area contributed by atoms with Crippen LogP contribution in [0.15, 0.2) is 60.7 Å². The van der Waals surface area contributed by atoms with E-state index in [1.165, 1.54) is 5.56 Å². The molecule has 0 saturated carbocycles. The molecule has 0 saturated heterocycles. The Bertz CT molecular complexity index is 911. The third kappa shape index (κ3) is 3.55. The number of aryl methyl sites for hydroxylation is 1. The summed E-state index contributed by atoms with van der Waals surface area (Å²) in [6, 6.07) is 15.0. The lowest BCUT2D eigenvalue weighted by Crippen LogP contribution is -1.99. The zero-order valence-corrected chi connectivity index (χ0v) is 14.4. The Morgan fingerprint density at radius 3 is 2.32 bits per heavy atom. The Labute approximate surface area is 146 Å². The van der Waals surface area contributed by atoms with E-state index in [9.17, 15) is 8.78 Å². The number of benzene rings is 3. The van der Waals surface area contributed by atoms with Crippen LogP contribution in [0.1, 0.15) is 19.4 Å². The highest BCUT2D eigenvalue weighted by Crippen LogP contribution is 2.32. The Morgan fingerprint density at radius 2 is 1.64 bits per heavy atom. The minimum atomic E-state index is -0.949. The SMILES string of the molecule is CC=CCOc1cc2ccc(-c3ccc(CC)cc3)cc2c(F)c1F. The second-order valence-corrected chi connectivity index (χ2v) is 5.87. The summed E-state index contributed by atoms with van der Waals surface area (Å²) in [5, 5.41) is 0.872. The van der Waals surface area contributed by atoms with E-state index >= 15 is 0 Å². The molecule has 0 aliphatic heterocycles. The third-order valence-corrected chi connectivity index (χ3v) is 4.25. The number of halogens is 2. The average molecular weight is 338 g/mol. The van der Waals surface area contributed by atoms with Crippen LogP contribution in [0.2, 0.25) is 0 Å². The Hall–Kier alpha value is -2.68. The maximum absolute atomic E-state index is 14.5. The Balaban J connectivity index is 2.02. The van der Waals surface area contributed by atoms with E-state index in [-0.39, 0.29) is 17.7 Å². The molecule has 0 amide bonds. The fourth-order valence-electron chi connectivity index (χ4n) is 2.75. The number of ether oxygens (including phenoxy) is 1. The largest absolute Gasteiger partial charge is 0.486 e. The molecule has 1 nitrogen and oxygen atoms in total. The van der Waals surface area contributed by atoms with Crippen LogP contribution in [0.4, 0.5) is 8.78 Å². The molecule has 25 heavy (non-hydrogen) atoms. The molecule has 0 N–H and O–H groups in total. The zero-order valence-electron chi connectivity index (χ0n) is 14.4. The van der Waals surface area contributed by atoms with Crippen LogP contribution >= 0.6 is 0 Å². The standard InChI is InChI=1S/C22H20F2O/c1-3-5-12-25-20-14-18-11-10-17(13-19(18)21(23)22(20)24)16-8-6-15(4-2)7-9-16/h3,5-11,13-14H,4,12H2,1-2H3. The number of hydrogen-bond donors (Lipinski definition) is 0.